The van der Waals surface area contributed by atoms with Gasteiger partial charge >= 0.3 is 0 Å². The first-order valence-corrected chi connectivity index (χ1v) is 8.86. The van der Waals surface area contributed by atoms with E-state index in [0.717, 1.165) is 16.9 Å². The average molecular weight is 374 g/mol. The van der Waals surface area contributed by atoms with Crippen LogP contribution < -0.4 is 15.5 Å². The fourth-order valence-electron chi connectivity index (χ4n) is 2.61. The SMILES string of the molecule is Cc1cc(NC(=O)CCCNC(=O)c2ccc(Cl)cc2)ccc1N(C)C. The predicted molar refractivity (Wildman–Crippen MR) is 107 cm³/mol. The van der Waals surface area contributed by atoms with Gasteiger partial charge in [0.15, 0.2) is 0 Å². The van der Waals surface area contributed by atoms with Crippen molar-refractivity contribution < 1.29 is 9.59 Å². The number of aryl methyl sites for hydroxylation is 1. The van der Waals surface area contributed by atoms with E-state index in [4.69, 9.17) is 11.6 Å². The summed E-state index contributed by atoms with van der Waals surface area (Å²) in [6.07, 6.45) is 0.912. The van der Waals surface area contributed by atoms with Crippen molar-refractivity contribution in [2.45, 2.75) is 19.8 Å². The molecule has 0 aliphatic rings. The lowest BCUT2D eigenvalue weighted by atomic mass is 10.1. The highest BCUT2D eigenvalue weighted by molar-refractivity contribution is 6.30. The van der Waals surface area contributed by atoms with Crippen LogP contribution in [0.1, 0.15) is 28.8 Å². The van der Waals surface area contributed by atoms with Crippen LogP contribution in [0.3, 0.4) is 0 Å². The van der Waals surface area contributed by atoms with Gasteiger partial charge in [0, 0.05) is 49.0 Å². The van der Waals surface area contributed by atoms with E-state index in [1.807, 2.05) is 44.1 Å². The predicted octanol–water partition coefficient (Wildman–Crippen LogP) is 3.86. The standard InChI is InChI=1S/C20H24ClN3O2/c1-14-13-17(10-11-18(14)24(2)3)23-19(25)5-4-12-22-20(26)15-6-8-16(21)9-7-15/h6-11,13H,4-5,12H2,1-3H3,(H,22,26)(H,23,25). The van der Waals surface area contributed by atoms with Crippen LogP contribution in [0.15, 0.2) is 42.5 Å². The van der Waals surface area contributed by atoms with Gasteiger partial charge in [0.05, 0.1) is 0 Å². The summed E-state index contributed by atoms with van der Waals surface area (Å²) in [6, 6.07) is 12.5. The van der Waals surface area contributed by atoms with Crippen LogP contribution in [0.25, 0.3) is 0 Å². The Labute approximate surface area is 159 Å². The fourth-order valence-corrected chi connectivity index (χ4v) is 2.74. The highest BCUT2D eigenvalue weighted by atomic mass is 35.5. The van der Waals surface area contributed by atoms with Crippen LogP contribution in [-0.2, 0) is 4.79 Å². The largest absolute Gasteiger partial charge is 0.377 e. The summed E-state index contributed by atoms with van der Waals surface area (Å²) in [5.74, 6) is -0.236. The van der Waals surface area contributed by atoms with E-state index in [0.29, 0.717) is 30.0 Å². The number of nitrogens with one attached hydrogen (secondary N) is 2. The van der Waals surface area contributed by atoms with Gasteiger partial charge in [0.1, 0.15) is 0 Å². The maximum Gasteiger partial charge on any atom is 0.251 e. The lowest BCUT2D eigenvalue weighted by molar-refractivity contribution is -0.116. The molecule has 0 aliphatic heterocycles. The highest BCUT2D eigenvalue weighted by Crippen LogP contribution is 2.21. The van der Waals surface area contributed by atoms with Crippen molar-refractivity contribution in [1.82, 2.24) is 5.32 Å². The van der Waals surface area contributed by atoms with Crippen LogP contribution in [0, 0.1) is 6.92 Å². The van der Waals surface area contributed by atoms with Crippen LogP contribution in [0.4, 0.5) is 11.4 Å². The fraction of sp³-hybridized carbons (Fsp3) is 0.300. The minimum Gasteiger partial charge on any atom is -0.377 e. The van der Waals surface area contributed by atoms with Crippen molar-refractivity contribution in [1.29, 1.82) is 0 Å². The molecule has 138 valence electrons. The van der Waals surface area contributed by atoms with Crippen molar-refractivity contribution in [2.24, 2.45) is 0 Å². The smallest absolute Gasteiger partial charge is 0.251 e. The molecule has 0 radical (unpaired) electrons. The van der Waals surface area contributed by atoms with E-state index in [2.05, 4.69) is 10.6 Å². The van der Waals surface area contributed by atoms with Crippen molar-refractivity contribution in [2.75, 3.05) is 30.9 Å². The lowest BCUT2D eigenvalue weighted by Crippen LogP contribution is -2.25. The molecule has 2 N–H and O–H groups in total. The van der Waals surface area contributed by atoms with Crippen molar-refractivity contribution in [3.05, 3.63) is 58.6 Å². The zero-order valence-electron chi connectivity index (χ0n) is 15.3. The molecule has 0 fully saturated rings. The van der Waals surface area contributed by atoms with Crippen LogP contribution in [0.2, 0.25) is 5.02 Å². The molecule has 0 saturated carbocycles. The molecule has 0 aliphatic carbocycles. The van der Waals surface area contributed by atoms with Gasteiger partial charge in [-0.3, -0.25) is 9.59 Å². The quantitative estimate of drug-likeness (QED) is 0.724. The molecule has 0 spiro atoms. The van der Waals surface area contributed by atoms with Crippen LogP contribution in [0.5, 0.6) is 0 Å². The molecular formula is C20H24ClN3O2. The lowest BCUT2D eigenvalue weighted by Gasteiger charge is -2.16. The minimum atomic E-state index is -0.169. The average Bonchev–Trinajstić information content (AvgIpc) is 2.59. The molecule has 0 atom stereocenters. The number of carbonyl (C=O) groups excluding carboxylic acids is 2. The maximum absolute atomic E-state index is 12.0. The van der Waals surface area contributed by atoms with Gasteiger partial charge < -0.3 is 15.5 Å². The molecule has 2 aromatic rings. The highest BCUT2D eigenvalue weighted by Gasteiger charge is 2.07. The Kier molecular flexibility index (Phi) is 7.04. The summed E-state index contributed by atoms with van der Waals surface area (Å²) < 4.78 is 0. The Morgan fingerprint density at radius 3 is 2.38 bits per heavy atom. The maximum atomic E-state index is 12.0. The van der Waals surface area contributed by atoms with Crippen LogP contribution in [-0.4, -0.2) is 32.5 Å². The summed E-state index contributed by atoms with van der Waals surface area (Å²) in [6.45, 7) is 2.45. The number of hydrogen-bond donors (Lipinski definition) is 2. The van der Waals surface area contributed by atoms with E-state index in [1.54, 1.807) is 24.3 Å². The normalized spacial score (nSPS) is 10.3. The van der Waals surface area contributed by atoms with E-state index >= 15 is 0 Å². The molecule has 0 unspecified atom stereocenters. The summed E-state index contributed by atoms with van der Waals surface area (Å²) in [4.78, 5) is 26.0. The topological polar surface area (TPSA) is 61.4 Å². The molecule has 6 heteroatoms. The van der Waals surface area contributed by atoms with Gasteiger partial charge in [0.2, 0.25) is 5.91 Å². The number of halogens is 1. The zero-order valence-corrected chi connectivity index (χ0v) is 16.1. The number of carbonyl (C=O) groups is 2. The molecule has 0 saturated heterocycles. The van der Waals surface area contributed by atoms with Gasteiger partial charge in [-0.25, -0.2) is 0 Å². The van der Waals surface area contributed by atoms with E-state index in [1.165, 1.54) is 0 Å². The number of anilines is 2. The summed E-state index contributed by atoms with van der Waals surface area (Å²) >= 11 is 5.80. The summed E-state index contributed by atoms with van der Waals surface area (Å²) in [5.41, 5.74) is 3.55. The van der Waals surface area contributed by atoms with Crippen molar-refractivity contribution >= 4 is 34.8 Å². The molecular weight excluding hydrogens is 350 g/mol. The second-order valence-electron chi connectivity index (χ2n) is 6.31. The first-order valence-electron chi connectivity index (χ1n) is 8.48. The molecule has 2 amide bonds. The van der Waals surface area contributed by atoms with Gasteiger partial charge in [-0.2, -0.15) is 0 Å². The molecule has 0 bridgehead atoms. The zero-order chi connectivity index (χ0) is 19.1. The number of benzene rings is 2. The first-order chi connectivity index (χ1) is 12.4. The molecule has 2 rings (SSSR count). The van der Waals surface area contributed by atoms with Gasteiger partial charge in [-0.15, -0.1) is 0 Å². The minimum absolute atomic E-state index is 0.0669. The number of hydrogen-bond acceptors (Lipinski definition) is 3. The molecule has 5 nitrogen and oxygen atoms in total. The molecule has 0 aromatic heterocycles. The van der Waals surface area contributed by atoms with E-state index in [9.17, 15) is 9.59 Å². The molecule has 26 heavy (non-hydrogen) atoms. The Hall–Kier alpha value is -2.53. The Balaban J connectivity index is 1.74. The second kappa shape index (κ2) is 9.25. The monoisotopic (exact) mass is 373 g/mol. The Bertz CT molecular complexity index is 773. The van der Waals surface area contributed by atoms with E-state index in [-0.39, 0.29) is 11.8 Å². The third-order valence-corrected chi connectivity index (χ3v) is 4.19. The molecule has 2 aromatic carbocycles. The third-order valence-electron chi connectivity index (χ3n) is 3.93. The second-order valence-corrected chi connectivity index (χ2v) is 6.75. The van der Waals surface area contributed by atoms with Crippen molar-refractivity contribution in [3.63, 3.8) is 0 Å². The third kappa shape index (κ3) is 5.77. The first kappa shape index (κ1) is 19.8. The summed E-state index contributed by atoms with van der Waals surface area (Å²) in [7, 11) is 3.97. The van der Waals surface area contributed by atoms with Gasteiger partial charge in [-0.05, 0) is 61.4 Å². The number of rotatable bonds is 7. The Morgan fingerprint density at radius 2 is 1.77 bits per heavy atom. The number of amides is 2. The summed E-state index contributed by atoms with van der Waals surface area (Å²) in [5, 5.41) is 6.28. The Morgan fingerprint density at radius 1 is 1.08 bits per heavy atom. The van der Waals surface area contributed by atoms with Gasteiger partial charge in [-0.1, -0.05) is 11.6 Å². The van der Waals surface area contributed by atoms with E-state index < -0.39 is 0 Å². The van der Waals surface area contributed by atoms with Gasteiger partial charge in [0.25, 0.3) is 5.91 Å². The van der Waals surface area contributed by atoms with Crippen LogP contribution >= 0.6 is 11.6 Å². The number of nitrogens with zero attached hydrogens (tertiary/aromatic N) is 1. The van der Waals surface area contributed by atoms with Crippen molar-refractivity contribution in [3.8, 4) is 0 Å². The molecule has 0 heterocycles.